The molecule has 1 heterocycles. The molecule has 4 heteroatoms. The summed E-state index contributed by atoms with van der Waals surface area (Å²) in [5, 5.41) is 9.33. The summed E-state index contributed by atoms with van der Waals surface area (Å²) in [6, 6.07) is 7.56. The fourth-order valence-corrected chi connectivity index (χ4v) is 2.49. The predicted octanol–water partition coefficient (Wildman–Crippen LogP) is 2.00. The zero-order valence-electron chi connectivity index (χ0n) is 12.2. The average Bonchev–Trinajstić information content (AvgIpc) is 2.93. The topological polar surface area (TPSA) is 49.8 Å². The van der Waals surface area contributed by atoms with E-state index in [2.05, 4.69) is 0 Å². The molecule has 1 aromatic carbocycles. The van der Waals surface area contributed by atoms with Crippen LogP contribution in [0.5, 0.6) is 5.75 Å². The minimum absolute atomic E-state index is 0.0653. The van der Waals surface area contributed by atoms with Crippen LogP contribution in [0.3, 0.4) is 0 Å². The molecule has 0 spiro atoms. The Labute approximate surface area is 120 Å². The number of aliphatic hydroxyl groups is 1. The van der Waals surface area contributed by atoms with E-state index >= 15 is 0 Å². The predicted molar refractivity (Wildman–Crippen MR) is 77.7 cm³/mol. The van der Waals surface area contributed by atoms with E-state index in [9.17, 15) is 9.90 Å². The van der Waals surface area contributed by atoms with Crippen LogP contribution in [0.15, 0.2) is 24.3 Å². The number of hydrogen-bond donors (Lipinski definition) is 1. The molecule has 1 aromatic rings. The number of carbonyl (C=O) groups excluding carboxylic acids is 1. The van der Waals surface area contributed by atoms with Crippen molar-refractivity contribution in [3.63, 3.8) is 0 Å². The molecule has 0 saturated carbocycles. The number of rotatable bonds is 5. The van der Waals surface area contributed by atoms with Crippen LogP contribution in [0.4, 0.5) is 0 Å². The summed E-state index contributed by atoms with van der Waals surface area (Å²) in [5.74, 6) is 0.759. The molecular formula is C16H23NO3. The first-order valence-corrected chi connectivity index (χ1v) is 7.28. The van der Waals surface area contributed by atoms with Gasteiger partial charge in [0.05, 0.1) is 6.10 Å². The molecular weight excluding hydrogens is 254 g/mol. The molecule has 1 saturated heterocycles. The van der Waals surface area contributed by atoms with E-state index in [1.54, 1.807) is 13.8 Å². The van der Waals surface area contributed by atoms with Crippen LogP contribution >= 0.6 is 0 Å². The van der Waals surface area contributed by atoms with Crippen LogP contribution in [0.1, 0.15) is 32.3 Å². The Balaban J connectivity index is 1.90. The minimum atomic E-state index is -0.448. The van der Waals surface area contributed by atoms with E-state index in [0.717, 1.165) is 31.5 Å². The van der Waals surface area contributed by atoms with Crippen molar-refractivity contribution < 1.29 is 14.6 Å². The molecule has 1 N–H and O–H groups in total. The molecule has 1 amide bonds. The number of aliphatic hydroxyl groups excluding tert-OH is 1. The van der Waals surface area contributed by atoms with Crippen LogP contribution < -0.4 is 4.74 Å². The van der Waals surface area contributed by atoms with Crippen molar-refractivity contribution in [3.8, 4) is 5.75 Å². The molecule has 0 aromatic heterocycles. The van der Waals surface area contributed by atoms with E-state index < -0.39 is 6.10 Å². The minimum Gasteiger partial charge on any atom is -0.481 e. The second-order valence-electron chi connectivity index (χ2n) is 5.49. The first-order chi connectivity index (χ1) is 9.56. The third kappa shape index (κ3) is 3.97. The van der Waals surface area contributed by atoms with Gasteiger partial charge in [-0.2, -0.15) is 0 Å². The molecule has 4 nitrogen and oxygen atoms in total. The third-order valence-corrected chi connectivity index (χ3v) is 3.53. The molecule has 2 atom stereocenters. The maximum atomic E-state index is 12.1. The van der Waals surface area contributed by atoms with E-state index in [4.69, 9.17) is 4.74 Å². The average molecular weight is 277 g/mol. The smallest absolute Gasteiger partial charge is 0.263 e. The van der Waals surface area contributed by atoms with Crippen LogP contribution in [0.25, 0.3) is 0 Å². The zero-order valence-corrected chi connectivity index (χ0v) is 12.2. The van der Waals surface area contributed by atoms with Gasteiger partial charge in [-0.05, 0) is 50.8 Å². The molecule has 1 aliphatic heterocycles. The molecule has 110 valence electrons. The van der Waals surface area contributed by atoms with Crippen molar-refractivity contribution in [2.75, 3.05) is 13.1 Å². The maximum Gasteiger partial charge on any atom is 0.263 e. The Kier molecular flexibility index (Phi) is 5.01. The zero-order chi connectivity index (χ0) is 14.5. The summed E-state index contributed by atoms with van der Waals surface area (Å²) in [6.07, 6.45) is 2.01. The third-order valence-electron chi connectivity index (χ3n) is 3.53. The molecule has 1 fully saturated rings. The van der Waals surface area contributed by atoms with Crippen molar-refractivity contribution >= 4 is 5.91 Å². The van der Waals surface area contributed by atoms with E-state index in [0.29, 0.717) is 12.2 Å². The monoisotopic (exact) mass is 277 g/mol. The lowest BCUT2D eigenvalue weighted by atomic mass is 10.1. The van der Waals surface area contributed by atoms with Crippen molar-refractivity contribution in [1.29, 1.82) is 0 Å². The van der Waals surface area contributed by atoms with E-state index in [1.807, 2.05) is 29.2 Å². The van der Waals surface area contributed by atoms with Gasteiger partial charge in [0.1, 0.15) is 5.75 Å². The first-order valence-electron chi connectivity index (χ1n) is 7.28. The summed E-state index contributed by atoms with van der Waals surface area (Å²) < 4.78 is 5.69. The number of amides is 1. The summed E-state index contributed by atoms with van der Waals surface area (Å²) >= 11 is 0. The standard InChI is InChI=1S/C16H23NO3/c1-12(18)11-14-5-7-15(8-6-14)20-13(2)16(19)17-9-3-4-10-17/h5-8,12-13,18H,3-4,9-11H2,1-2H3. The van der Waals surface area contributed by atoms with Crippen molar-refractivity contribution in [1.82, 2.24) is 4.90 Å². The van der Waals surface area contributed by atoms with Gasteiger partial charge < -0.3 is 14.7 Å². The molecule has 1 aliphatic rings. The quantitative estimate of drug-likeness (QED) is 0.895. The lowest BCUT2D eigenvalue weighted by Crippen LogP contribution is -2.38. The van der Waals surface area contributed by atoms with Gasteiger partial charge in [0.2, 0.25) is 0 Å². The number of ether oxygens (including phenoxy) is 1. The van der Waals surface area contributed by atoms with Gasteiger partial charge in [0.25, 0.3) is 5.91 Å². The van der Waals surface area contributed by atoms with Gasteiger partial charge >= 0.3 is 0 Å². The van der Waals surface area contributed by atoms with Gasteiger partial charge in [-0.3, -0.25) is 4.79 Å². The highest BCUT2D eigenvalue weighted by atomic mass is 16.5. The number of carbonyl (C=O) groups is 1. The molecule has 0 aliphatic carbocycles. The highest BCUT2D eigenvalue weighted by Gasteiger charge is 2.24. The van der Waals surface area contributed by atoms with E-state index in [-0.39, 0.29) is 12.0 Å². The Bertz CT molecular complexity index is 436. The lowest BCUT2D eigenvalue weighted by molar-refractivity contribution is -0.136. The maximum absolute atomic E-state index is 12.1. The highest BCUT2D eigenvalue weighted by Crippen LogP contribution is 2.17. The molecule has 0 radical (unpaired) electrons. The molecule has 2 rings (SSSR count). The molecule has 2 unspecified atom stereocenters. The SMILES string of the molecule is CC(O)Cc1ccc(OC(C)C(=O)N2CCCC2)cc1. The van der Waals surface area contributed by atoms with Crippen molar-refractivity contribution in [2.45, 2.75) is 45.3 Å². The van der Waals surface area contributed by atoms with Gasteiger partial charge in [-0.1, -0.05) is 12.1 Å². The van der Waals surface area contributed by atoms with Crippen LogP contribution in [0.2, 0.25) is 0 Å². The molecule has 20 heavy (non-hydrogen) atoms. The fraction of sp³-hybridized carbons (Fsp3) is 0.562. The second kappa shape index (κ2) is 6.75. The Morgan fingerprint density at radius 1 is 1.25 bits per heavy atom. The number of likely N-dealkylation sites (tertiary alicyclic amines) is 1. The van der Waals surface area contributed by atoms with Crippen molar-refractivity contribution in [3.05, 3.63) is 29.8 Å². The normalized spacial score (nSPS) is 17.9. The van der Waals surface area contributed by atoms with Crippen LogP contribution in [0, 0.1) is 0 Å². The second-order valence-corrected chi connectivity index (χ2v) is 5.49. The molecule has 0 bridgehead atoms. The fourth-order valence-electron chi connectivity index (χ4n) is 2.49. The van der Waals surface area contributed by atoms with Crippen LogP contribution in [-0.2, 0) is 11.2 Å². The van der Waals surface area contributed by atoms with Crippen LogP contribution in [-0.4, -0.2) is 41.2 Å². The lowest BCUT2D eigenvalue weighted by Gasteiger charge is -2.21. The summed E-state index contributed by atoms with van der Waals surface area (Å²) in [4.78, 5) is 14.0. The number of hydrogen-bond acceptors (Lipinski definition) is 3. The van der Waals surface area contributed by atoms with E-state index in [1.165, 1.54) is 0 Å². The van der Waals surface area contributed by atoms with Gasteiger partial charge in [0.15, 0.2) is 6.10 Å². The van der Waals surface area contributed by atoms with Gasteiger partial charge in [0, 0.05) is 13.1 Å². The summed E-state index contributed by atoms with van der Waals surface area (Å²) in [5.41, 5.74) is 1.06. The first kappa shape index (κ1) is 14.9. The van der Waals surface area contributed by atoms with Gasteiger partial charge in [-0.15, -0.1) is 0 Å². The summed E-state index contributed by atoms with van der Waals surface area (Å²) in [6.45, 7) is 5.26. The number of benzene rings is 1. The van der Waals surface area contributed by atoms with Crippen molar-refractivity contribution in [2.24, 2.45) is 0 Å². The summed E-state index contributed by atoms with van der Waals surface area (Å²) in [7, 11) is 0. The van der Waals surface area contributed by atoms with Gasteiger partial charge in [-0.25, -0.2) is 0 Å². The number of nitrogens with zero attached hydrogens (tertiary/aromatic N) is 1. The highest BCUT2D eigenvalue weighted by molar-refractivity contribution is 5.81. The Hall–Kier alpha value is -1.55. The Morgan fingerprint density at radius 2 is 1.85 bits per heavy atom. The largest absolute Gasteiger partial charge is 0.481 e. The Morgan fingerprint density at radius 3 is 2.40 bits per heavy atom.